The number of hydrogen-bond donors (Lipinski definition) is 0. The van der Waals surface area contributed by atoms with Crippen LogP contribution in [0.25, 0.3) is 0 Å². The fraction of sp³-hybridized carbons (Fsp3) is 0.900. The SMILES string of the molecule is CCCCOC(C)C(=O)OC(C)C. The molecule has 0 aromatic rings. The maximum absolute atomic E-state index is 11.2. The fourth-order valence-electron chi connectivity index (χ4n) is 0.801. The lowest BCUT2D eigenvalue weighted by atomic mass is 10.3. The first kappa shape index (κ1) is 12.4. The molecule has 0 saturated carbocycles. The third kappa shape index (κ3) is 6.58. The van der Waals surface area contributed by atoms with E-state index in [1.54, 1.807) is 6.92 Å². The van der Waals surface area contributed by atoms with Crippen LogP contribution in [0.3, 0.4) is 0 Å². The minimum absolute atomic E-state index is 0.0651. The number of hydrogen-bond acceptors (Lipinski definition) is 3. The monoisotopic (exact) mass is 188 g/mol. The molecule has 3 heteroatoms. The van der Waals surface area contributed by atoms with Crippen molar-refractivity contribution in [2.24, 2.45) is 0 Å². The van der Waals surface area contributed by atoms with E-state index in [-0.39, 0.29) is 12.1 Å². The number of rotatable bonds is 6. The molecule has 0 aromatic carbocycles. The summed E-state index contributed by atoms with van der Waals surface area (Å²) >= 11 is 0. The highest BCUT2D eigenvalue weighted by molar-refractivity contribution is 5.74. The van der Waals surface area contributed by atoms with Crippen molar-refractivity contribution in [3.05, 3.63) is 0 Å². The Morgan fingerprint density at radius 1 is 1.31 bits per heavy atom. The lowest BCUT2D eigenvalue weighted by molar-refractivity contribution is -0.159. The predicted octanol–water partition coefficient (Wildman–Crippen LogP) is 2.14. The summed E-state index contributed by atoms with van der Waals surface area (Å²) in [7, 11) is 0. The predicted molar refractivity (Wildman–Crippen MR) is 51.6 cm³/mol. The highest BCUT2D eigenvalue weighted by atomic mass is 16.6. The largest absolute Gasteiger partial charge is 0.461 e. The van der Waals surface area contributed by atoms with Gasteiger partial charge in [0, 0.05) is 6.61 Å². The van der Waals surface area contributed by atoms with Crippen LogP contribution in [-0.4, -0.2) is 24.8 Å². The standard InChI is InChI=1S/C10H20O3/c1-5-6-7-12-9(4)10(11)13-8(2)3/h8-9H,5-7H2,1-4H3. The van der Waals surface area contributed by atoms with Gasteiger partial charge in [0.1, 0.15) is 0 Å². The zero-order valence-corrected chi connectivity index (χ0v) is 9.00. The second-order valence-electron chi connectivity index (χ2n) is 3.35. The Morgan fingerprint density at radius 2 is 1.92 bits per heavy atom. The number of unbranched alkanes of at least 4 members (excludes halogenated alkanes) is 1. The van der Waals surface area contributed by atoms with Crippen molar-refractivity contribution >= 4 is 5.97 Å². The van der Waals surface area contributed by atoms with Gasteiger partial charge in [0.15, 0.2) is 6.10 Å². The Kier molecular flexibility index (Phi) is 6.59. The van der Waals surface area contributed by atoms with Crippen LogP contribution in [0.2, 0.25) is 0 Å². The molecule has 0 radical (unpaired) electrons. The van der Waals surface area contributed by atoms with Crippen LogP contribution in [0.5, 0.6) is 0 Å². The Balaban J connectivity index is 3.57. The van der Waals surface area contributed by atoms with Gasteiger partial charge >= 0.3 is 5.97 Å². The quantitative estimate of drug-likeness (QED) is 0.473. The number of carbonyl (C=O) groups is 1. The van der Waals surface area contributed by atoms with E-state index in [0.717, 1.165) is 12.8 Å². The molecule has 0 aromatic heterocycles. The average molecular weight is 188 g/mol. The van der Waals surface area contributed by atoms with Crippen molar-refractivity contribution in [3.63, 3.8) is 0 Å². The molecule has 78 valence electrons. The topological polar surface area (TPSA) is 35.5 Å². The summed E-state index contributed by atoms with van der Waals surface area (Å²) in [5.41, 5.74) is 0. The van der Waals surface area contributed by atoms with Crippen molar-refractivity contribution < 1.29 is 14.3 Å². The summed E-state index contributed by atoms with van der Waals surface area (Å²) in [5, 5.41) is 0. The first-order valence-corrected chi connectivity index (χ1v) is 4.90. The lowest BCUT2D eigenvalue weighted by Gasteiger charge is -2.14. The maximum Gasteiger partial charge on any atom is 0.335 e. The van der Waals surface area contributed by atoms with Gasteiger partial charge in [0.25, 0.3) is 0 Å². The summed E-state index contributed by atoms with van der Waals surface area (Å²) in [4.78, 5) is 11.2. The number of ether oxygens (including phenoxy) is 2. The van der Waals surface area contributed by atoms with E-state index in [2.05, 4.69) is 6.92 Å². The molecule has 1 unspecified atom stereocenters. The molecule has 0 fully saturated rings. The van der Waals surface area contributed by atoms with Gasteiger partial charge in [-0.25, -0.2) is 4.79 Å². The fourth-order valence-corrected chi connectivity index (χ4v) is 0.801. The maximum atomic E-state index is 11.2. The van der Waals surface area contributed by atoms with Gasteiger partial charge in [0.2, 0.25) is 0 Å². The molecule has 1 atom stereocenters. The molecule has 0 amide bonds. The molecule has 0 aliphatic heterocycles. The Labute approximate surface area is 80.4 Å². The molecule has 0 N–H and O–H groups in total. The third-order valence-electron chi connectivity index (χ3n) is 1.55. The normalized spacial score (nSPS) is 13.0. The van der Waals surface area contributed by atoms with Crippen LogP contribution in [0, 0.1) is 0 Å². The van der Waals surface area contributed by atoms with E-state index in [9.17, 15) is 4.79 Å². The molecule has 0 aliphatic rings. The second kappa shape index (κ2) is 6.89. The molecule has 0 rings (SSSR count). The van der Waals surface area contributed by atoms with Crippen LogP contribution in [-0.2, 0) is 14.3 Å². The van der Waals surface area contributed by atoms with Crippen molar-refractivity contribution in [3.8, 4) is 0 Å². The summed E-state index contributed by atoms with van der Waals surface area (Å²) in [6.45, 7) is 8.10. The van der Waals surface area contributed by atoms with E-state index in [4.69, 9.17) is 9.47 Å². The summed E-state index contributed by atoms with van der Waals surface area (Å²) < 4.78 is 10.2. The van der Waals surface area contributed by atoms with Gasteiger partial charge in [-0.15, -0.1) is 0 Å². The Morgan fingerprint density at radius 3 is 2.38 bits per heavy atom. The zero-order valence-electron chi connectivity index (χ0n) is 9.00. The summed E-state index contributed by atoms with van der Waals surface area (Å²) in [5.74, 6) is -0.272. The Bertz CT molecular complexity index is 143. The number of carbonyl (C=O) groups excluding carboxylic acids is 1. The Hall–Kier alpha value is -0.570. The molecule has 0 spiro atoms. The third-order valence-corrected chi connectivity index (χ3v) is 1.55. The minimum atomic E-state index is -0.436. The van der Waals surface area contributed by atoms with E-state index < -0.39 is 6.10 Å². The highest BCUT2D eigenvalue weighted by Gasteiger charge is 2.15. The second-order valence-corrected chi connectivity index (χ2v) is 3.35. The highest BCUT2D eigenvalue weighted by Crippen LogP contribution is 2.00. The first-order valence-electron chi connectivity index (χ1n) is 4.90. The van der Waals surface area contributed by atoms with Crippen molar-refractivity contribution in [1.82, 2.24) is 0 Å². The van der Waals surface area contributed by atoms with E-state index in [0.29, 0.717) is 6.61 Å². The van der Waals surface area contributed by atoms with E-state index >= 15 is 0 Å². The van der Waals surface area contributed by atoms with Gasteiger partial charge in [-0.2, -0.15) is 0 Å². The average Bonchev–Trinajstić information content (AvgIpc) is 2.03. The minimum Gasteiger partial charge on any atom is -0.461 e. The van der Waals surface area contributed by atoms with Gasteiger partial charge < -0.3 is 9.47 Å². The zero-order chi connectivity index (χ0) is 10.3. The van der Waals surface area contributed by atoms with Crippen LogP contribution >= 0.6 is 0 Å². The first-order chi connectivity index (χ1) is 6.07. The molecule has 0 aliphatic carbocycles. The van der Waals surface area contributed by atoms with Crippen LogP contribution in [0.1, 0.15) is 40.5 Å². The summed E-state index contributed by atoms with van der Waals surface area (Å²) in [6.07, 6.45) is 1.56. The summed E-state index contributed by atoms with van der Waals surface area (Å²) in [6, 6.07) is 0. The smallest absolute Gasteiger partial charge is 0.335 e. The van der Waals surface area contributed by atoms with Gasteiger partial charge in [-0.1, -0.05) is 13.3 Å². The van der Waals surface area contributed by atoms with Crippen LogP contribution in [0.4, 0.5) is 0 Å². The van der Waals surface area contributed by atoms with Gasteiger partial charge in [-0.3, -0.25) is 0 Å². The molecule has 0 heterocycles. The van der Waals surface area contributed by atoms with Crippen LogP contribution < -0.4 is 0 Å². The number of esters is 1. The van der Waals surface area contributed by atoms with E-state index in [1.807, 2.05) is 13.8 Å². The van der Waals surface area contributed by atoms with Crippen molar-refractivity contribution in [1.29, 1.82) is 0 Å². The molecule has 3 nitrogen and oxygen atoms in total. The molecule has 13 heavy (non-hydrogen) atoms. The van der Waals surface area contributed by atoms with Crippen molar-refractivity contribution in [2.45, 2.75) is 52.7 Å². The van der Waals surface area contributed by atoms with Crippen molar-refractivity contribution in [2.75, 3.05) is 6.61 Å². The molecule has 0 bridgehead atoms. The molecular formula is C10H20O3. The molecule has 0 saturated heterocycles. The van der Waals surface area contributed by atoms with Gasteiger partial charge in [-0.05, 0) is 27.2 Å². The lowest BCUT2D eigenvalue weighted by Crippen LogP contribution is -2.26. The van der Waals surface area contributed by atoms with Gasteiger partial charge in [0.05, 0.1) is 6.10 Å². The molecular weight excluding hydrogens is 168 g/mol. The van der Waals surface area contributed by atoms with E-state index in [1.165, 1.54) is 0 Å². The van der Waals surface area contributed by atoms with Crippen LogP contribution in [0.15, 0.2) is 0 Å².